The molecule has 0 spiro atoms. The van der Waals surface area contributed by atoms with Crippen molar-refractivity contribution in [1.82, 2.24) is 4.90 Å². The minimum absolute atomic E-state index is 0.0234. The molecule has 0 aliphatic carbocycles. The second-order valence-electron chi connectivity index (χ2n) is 4.87. The summed E-state index contributed by atoms with van der Waals surface area (Å²) in [5.74, 6) is -1.05. The number of carboxylic acids is 1. The van der Waals surface area contributed by atoms with Gasteiger partial charge >= 0.3 is 12.0 Å². The third-order valence-corrected chi connectivity index (χ3v) is 3.31. The van der Waals surface area contributed by atoms with E-state index in [0.29, 0.717) is 12.3 Å². The summed E-state index contributed by atoms with van der Waals surface area (Å²) >= 11 is 0. The summed E-state index contributed by atoms with van der Waals surface area (Å²) in [5, 5.41) is 11.9. The molecule has 20 heavy (non-hydrogen) atoms. The number of nitrogens with zero attached hydrogens (tertiary/aromatic N) is 1. The van der Waals surface area contributed by atoms with Gasteiger partial charge in [-0.1, -0.05) is 12.1 Å². The number of anilines is 1. The topological polar surface area (TPSA) is 78.9 Å². The lowest BCUT2D eigenvalue weighted by Crippen LogP contribution is -2.54. The third-order valence-electron chi connectivity index (χ3n) is 3.31. The van der Waals surface area contributed by atoms with Gasteiger partial charge in [-0.05, 0) is 31.0 Å². The molecule has 0 bridgehead atoms. The number of carbonyl (C=O) groups excluding carboxylic acids is 1. The molecule has 1 unspecified atom stereocenters. The minimum Gasteiger partial charge on any atom is -0.480 e. The van der Waals surface area contributed by atoms with Gasteiger partial charge in [0, 0.05) is 12.2 Å². The van der Waals surface area contributed by atoms with Gasteiger partial charge in [0.1, 0.15) is 0 Å². The highest BCUT2D eigenvalue weighted by Gasteiger charge is 2.32. The maximum Gasteiger partial charge on any atom is 0.328 e. The number of hydrogen-bond donors (Lipinski definition) is 2. The number of hydrogen-bond acceptors (Lipinski definition) is 3. The largest absolute Gasteiger partial charge is 0.480 e. The fraction of sp³-hybridized carbons (Fsp3) is 0.429. The first-order valence-electron chi connectivity index (χ1n) is 6.44. The van der Waals surface area contributed by atoms with Gasteiger partial charge < -0.3 is 20.1 Å². The highest BCUT2D eigenvalue weighted by molar-refractivity contribution is 5.93. The molecule has 1 aromatic rings. The molecular weight excluding hydrogens is 260 g/mol. The number of amides is 2. The van der Waals surface area contributed by atoms with Crippen molar-refractivity contribution in [2.24, 2.45) is 0 Å². The highest BCUT2D eigenvalue weighted by atomic mass is 16.5. The van der Waals surface area contributed by atoms with Gasteiger partial charge in [-0.3, -0.25) is 0 Å². The molecule has 0 aromatic heterocycles. The maximum atomic E-state index is 12.2. The van der Waals surface area contributed by atoms with E-state index < -0.39 is 18.0 Å². The van der Waals surface area contributed by atoms with Crippen molar-refractivity contribution in [3.63, 3.8) is 0 Å². The molecule has 6 nitrogen and oxygen atoms in total. The quantitative estimate of drug-likeness (QED) is 0.861. The molecule has 108 valence electrons. The molecule has 1 aromatic carbocycles. The highest BCUT2D eigenvalue weighted by Crippen LogP contribution is 2.18. The molecule has 1 aliphatic heterocycles. The second-order valence-corrected chi connectivity index (χ2v) is 4.87. The predicted molar refractivity (Wildman–Crippen MR) is 73.9 cm³/mol. The number of rotatable bonds is 2. The second kappa shape index (κ2) is 5.92. The van der Waals surface area contributed by atoms with Crippen molar-refractivity contribution in [3.8, 4) is 0 Å². The summed E-state index contributed by atoms with van der Waals surface area (Å²) in [4.78, 5) is 24.7. The molecular formula is C14H18N2O4. The number of carbonyl (C=O) groups is 2. The van der Waals surface area contributed by atoms with Crippen molar-refractivity contribution in [2.75, 3.05) is 25.1 Å². The van der Waals surface area contributed by atoms with Gasteiger partial charge in [0.2, 0.25) is 0 Å². The number of aryl methyl sites for hydroxylation is 2. The number of benzene rings is 1. The van der Waals surface area contributed by atoms with E-state index >= 15 is 0 Å². The molecule has 2 amide bonds. The van der Waals surface area contributed by atoms with Gasteiger partial charge in [0.25, 0.3) is 0 Å². The molecule has 1 heterocycles. The Morgan fingerprint density at radius 2 is 2.15 bits per heavy atom. The van der Waals surface area contributed by atoms with Crippen LogP contribution in [0.15, 0.2) is 18.2 Å². The Morgan fingerprint density at radius 3 is 2.85 bits per heavy atom. The SMILES string of the molecule is Cc1ccc(C)c(NC(=O)N2CCOCC2C(=O)O)c1. The minimum atomic E-state index is -1.05. The van der Waals surface area contributed by atoms with Gasteiger partial charge in [0.05, 0.1) is 13.2 Å². The third kappa shape index (κ3) is 3.08. The lowest BCUT2D eigenvalue weighted by Gasteiger charge is -2.32. The van der Waals surface area contributed by atoms with E-state index in [1.807, 2.05) is 32.0 Å². The van der Waals surface area contributed by atoms with Crippen molar-refractivity contribution < 1.29 is 19.4 Å². The lowest BCUT2D eigenvalue weighted by molar-refractivity contribution is -0.147. The summed E-state index contributed by atoms with van der Waals surface area (Å²) in [7, 11) is 0. The molecule has 1 aliphatic rings. The number of nitrogens with one attached hydrogen (secondary N) is 1. The average Bonchev–Trinajstić information content (AvgIpc) is 2.42. The van der Waals surface area contributed by atoms with Gasteiger partial charge in [-0.15, -0.1) is 0 Å². The van der Waals surface area contributed by atoms with Gasteiger partial charge in [-0.25, -0.2) is 9.59 Å². The van der Waals surface area contributed by atoms with E-state index in [0.717, 1.165) is 11.1 Å². The standard InChI is InChI=1S/C14H18N2O4/c1-9-3-4-10(2)11(7-9)15-14(19)16-5-6-20-8-12(16)13(17)18/h3-4,7,12H,5-6,8H2,1-2H3,(H,15,19)(H,17,18). The van der Waals surface area contributed by atoms with Crippen LogP contribution in [0.3, 0.4) is 0 Å². The number of urea groups is 1. The Bertz CT molecular complexity index is 530. The maximum absolute atomic E-state index is 12.2. The van der Waals surface area contributed by atoms with Crippen LogP contribution in [-0.4, -0.2) is 47.8 Å². The van der Waals surface area contributed by atoms with Gasteiger partial charge in [-0.2, -0.15) is 0 Å². The van der Waals surface area contributed by atoms with Crippen LogP contribution in [0, 0.1) is 13.8 Å². The molecule has 1 fully saturated rings. The molecule has 1 saturated heterocycles. The molecule has 0 radical (unpaired) electrons. The number of carboxylic acid groups (broad SMARTS) is 1. The fourth-order valence-corrected chi connectivity index (χ4v) is 2.11. The van der Waals surface area contributed by atoms with Crippen molar-refractivity contribution in [2.45, 2.75) is 19.9 Å². The summed E-state index contributed by atoms with van der Waals surface area (Å²) in [6.45, 7) is 4.47. The van der Waals surface area contributed by atoms with Crippen LogP contribution in [0.2, 0.25) is 0 Å². The van der Waals surface area contributed by atoms with Crippen LogP contribution >= 0.6 is 0 Å². The first-order valence-corrected chi connectivity index (χ1v) is 6.44. The molecule has 2 N–H and O–H groups in total. The number of aliphatic carboxylic acids is 1. The van der Waals surface area contributed by atoms with Gasteiger partial charge in [0.15, 0.2) is 6.04 Å². The van der Waals surface area contributed by atoms with E-state index in [-0.39, 0.29) is 13.2 Å². The Kier molecular flexibility index (Phi) is 4.24. The normalized spacial score (nSPS) is 18.7. The average molecular weight is 278 g/mol. The van der Waals surface area contributed by atoms with Crippen molar-refractivity contribution in [1.29, 1.82) is 0 Å². The molecule has 1 atom stereocenters. The Balaban J connectivity index is 2.14. The zero-order valence-electron chi connectivity index (χ0n) is 11.5. The van der Waals surface area contributed by atoms with E-state index in [4.69, 9.17) is 9.84 Å². The Hall–Kier alpha value is -2.08. The van der Waals surface area contributed by atoms with Crippen molar-refractivity contribution >= 4 is 17.7 Å². The van der Waals surface area contributed by atoms with E-state index in [2.05, 4.69) is 5.32 Å². The Morgan fingerprint density at radius 1 is 1.40 bits per heavy atom. The van der Waals surface area contributed by atoms with Crippen LogP contribution in [0.1, 0.15) is 11.1 Å². The Labute approximate surface area is 117 Å². The van der Waals surface area contributed by atoms with E-state index in [9.17, 15) is 9.59 Å². The first kappa shape index (κ1) is 14.3. The first-order chi connectivity index (χ1) is 9.49. The number of morpholine rings is 1. The monoisotopic (exact) mass is 278 g/mol. The molecule has 2 rings (SSSR count). The summed E-state index contributed by atoms with van der Waals surface area (Å²) in [6.07, 6.45) is 0. The van der Waals surface area contributed by atoms with Crippen LogP contribution in [0.5, 0.6) is 0 Å². The zero-order valence-corrected chi connectivity index (χ0v) is 11.5. The van der Waals surface area contributed by atoms with Crippen LogP contribution in [0.4, 0.5) is 10.5 Å². The fourth-order valence-electron chi connectivity index (χ4n) is 2.11. The molecule has 6 heteroatoms. The summed E-state index contributed by atoms with van der Waals surface area (Å²) < 4.78 is 5.11. The van der Waals surface area contributed by atoms with Crippen LogP contribution in [-0.2, 0) is 9.53 Å². The van der Waals surface area contributed by atoms with E-state index in [1.165, 1.54) is 4.90 Å². The number of ether oxygens (including phenoxy) is 1. The zero-order chi connectivity index (χ0) is 14.7. The van der Waals surface area contributed by atoms with Crippen molar-refractivity contribution in [3.05, 3.63) is 29.3 Å². The summed E-state index contributed by atoms with van der Waals surface area (Å²) in [5.41, 5.74) is 2.66. The lowest BCUT2D eigenvalue weighted by atomic mass is 10.1. The smallest absolute Gasteiger partial charge is 0.328 e. The predicted octanol–water partition coefficient (Wildman–Crippen LogP) is 1.62. The summed E-state index contributed by atoms with van der Waals surface area (Å²) in [6, 6.07) is 4.39. The van der Waals surface area contributed by atoms with Crippen LogP contribution < -0.4 is 5.32 Å². The van der Waals surface area contributed by atoms with E-state index in [1.54, 1.807) is 0 Å². The molecule has 0 saturated carbocycles. The van der Waals surface area contributed by atoms with Crippen LogP contribution in [0.25, 0.3) is 0 Å².